The number of amides is 1. The number of aliphatic hydroxyl groups excluding tert-OH is 1. The quantitative estimate of drug-likeness (QED) is 0.433. The van der Waals surface area contributed by atoms with Gasteiger partial charge in [-0.25, -0.2) is 0 Å². The average Bonchev–Trinajstić information content (AvgIpc) is 3.31. The Labute approximate surface area is 196 Å². The Bertz CT molecular complexity index is 1240. The van der Waals surface area contributed by atoms with Crippen LogP contribution in [0.15, 0.2) is 66.3 Å². The molecule has 0 bridgehead atoms. The van der Waals surface area contributed by atoms with Crippen molar-refractivity contribution >= 4 is 33.1 Å². The number of aromatic nitrogens is 2. The van der Waals surface area contributed by atoms with Gasteiger partial charge in [-0.05, 0) is 41.8 Å². The Kier molecular flexibility index (Phi) is 6.32. The highest BCUT2D eigenvalue weighted by Crippen LogP contribution is 2.35. The fourth-order valence-electron chi connectivity index (χ4n) is 4.47. The van der Waals surface area contributed by atoms with E-state index in [0.717, 1.165) is 53.1 Å². The van der Waals surface area contributed by atoms with Crippen molar-refractivity contribution in [2.75, 3.05) is 18.4 Å². The summed E-state index contributed by atoms with van der Waals surface area (Å²) in [5.41, 5.74) is 5.10. The number of fused-ring (bicyclic) bond motifs is 1. The van der Waals surface area contributed by atoms with Crippen LogP contribution in [0.25, 0.3) is 10.2 Å². The molecule has 0 aliphatic carbocycles. The van der Waals surface area contributed by atoms with E-state index in [0.29, 0.717) is 18.0 Å². The first-order valence-electron chi connectivity index (χ1n) is 11.2. The van der Waals surface area contributed by atoms with Crippen LogP contribution in [0.1, 0.15) is 45.9 Å². The number of pyridine rings is 2. The number of rotatable bonds is 6. The molecule has 0 unspecified atom stereocenters. The van der Waals surface area contributed by atoms with E-state index >= 15 is 0 Å². The maximum Gasteiger partial charge on any atom is 0.257 e. The molecule has 2 N–H and O–H groups in total. The van der Waals surface area contributed by atoms with Gasteiger partial charge in [0.15, 0.2) is 0 Å². The van der Waals surface area contributed by atoms with E-state index in [9.17, 15) is 9.90 Å². The van der Waals surface area contributed by atoms with Crippen molar-refractivity contribution in [1.82, 2.24) is 14.9 Å². The van der Waals surface area contributed by atoms with Gasteiger partial charge < -0.3 is 15.3 Å². The van der Waals surface area contributed by atoms with Crippen molar-refractivity contribution in [3.63, 3.8) is 0 Å². The lowest BCUT2D eigenvalue weighted by molar-refractivity contribution is 0.0713. The minimum Gasteiger partial charge on any atom is -0.392 e. The van der Waals surface area contributed by atoms with Crippen LogP contribution >= 0.6 is 11.3 Å². The third-order valence-electron chi connectivity index (χ3n) is 6.28. The molecule has 3 aromatic heterocycles. The minimum absolute atomic E-state index is 0.00150. The van der Waals surface area contributed by atoms with E-state index in [1.54, 1.807) is 12.4 Å². The third-order valence-corrected chi connectivity index (χ3v) is 7.32. The summed E-state index contributed by atoms with van der Waals surface area (Å²) in [6, 6.07) is 16.3. The van der Waals surface area contributed by atoms with Crippen LogP contribution in [0.3, 0.4) is 0 Å². The van der Waals surface area contributed by atoms with E-state index in [1.165, 1.54) is 16.9 Å². The number of thiophene rings is 1. The van der Waals surface area contributed by atoms with Gasteiger partial charge in [0.05, 0.1) is 40.3 Å². The average molecular weight is 459 g/mol. The summed E-state index contributed by atoms with van der Waals surface area (Å²) in [6.45, 7) is 1.88. The summed E-state index contributed by atoms with van der Waals surface area (Å²) in [7, 11) is 0. The number of piperidine rings is 1. The van der Waals surface area contributed by atoms with Gasteiger partial charge in [-0.1, -0.05) is 36.4 Å². The summed E-state index contributed by atoms with van der Waals surface area (Å²) in [4.78, 5) is 24.5. The number of nitrogens with one attached hydrogen (secondary N) is 1. The van der Waals surface area contributed by atoms with Crippen molar-refractivity contribution < 1.29 is 9.90 Å². The first-order chi connectivity index (χ1) is 16.2. The standard InChI is InChI=1S/C26H26N4O2S/c31-16-20-17-33-25-23(20)29-15-22(24(25)28-14-21-8-4-5-11-27-21)26(32)30-12-9-19(10-13-30)18-6-2-1-3-7-18/h1-8,11,15,17,19,31H,9-10,12-14,16H2,(H,28,29). The lowest BCUT2D eigenvalue weighted by Crippen LogP contribution is -2.38. The second kappa shape index (κ2) is 9.68. The van der Waals surface area contributed by atoms with Gasteiger partial charge in [0.2, 0.25) is 0 Å². The van der Waals surface area contributed by atoms with Crippen LogP contribution in [0, 0.1) is 0 Å². The number of likely N-dealkylation sites (tertiary alicyclic amines) is 1. The van der Waals surface area contributed by atoms with E-state index in [1.807, 2.05) is 34.5 Å². The van der Waals surface area contributed by atoms with Crippen LogP contribution in [0.2, 0.25) is 0 Å². The van der Waals surface area contributed by atoms with Crippen molar-refractivity contribution in [2.24, 2.45) is 0 Å². The molecule has 1 saturated heterocycles. The molecular formula is C26H26N4O2S. The van der Waals surface area contributed by atoms with E-state index in [-0.39, 0.29) is 12.5 Å². The maximum absolute atomic E-state index is 13.6. The van der Waals surface area contributed by atoms with Gasteiger partial charge in [-0.2, -0.15) is 0 Å². The minimum atomic E-state index is -0.0764. The predicted molar refractivity (Wildman–Crippen MR) is 131 cm³/mol. The zero-order valence-corrected chi connectivity index (χ0v) is 19.1. The second-order valence-corrected chi connectivity index (χ2v) is 9.18. The number of anilines is 1. The predicted octanol–water partition coefficient (Wildman–Crippen LogP) is 4.82. The van der Waals surface area contributed by atoms with Gasteiger partial charge in [0.1, 0.15) is 0 Å². The molecule has 1 fully saturated rings. The Morgan fingerprint density at radius 3 is 2.61 bits per heavy atom. The topological polar surface area (TPSA) is 78.3 Å². The second-order valence-electron chi connectivity index (χ2n) is 8.30. The summed E-state index contributed by atoms with van der Waals surface area (Å²) in [6.07, 6.45) is 5.32. The molecule has 7 heteroatoms. The number of hydrogen-bond donors (Lipinski definition) is 2. The molecule has 33 heavy (non-hydrogen) atoms. The lowest BCUT2D eigenvalue weighted by atomic mass is 9.89. The van der Waals surface area contributed by atoms with Gasteiger partial charge in [-0.15, -0.1) is 11.3 Å². The van der Waals surface area contributed by atoms with Crippen LogP contribution in [-0.2, 0) is 13.2 Å². The normalized spacial score (nSPS) is 14.5. The van der Waals surface area contributed by atoms with Crippen LogP contribution in [0.4, 0.5) is 5.69 Å². The smallest absolute Gasteiger partial charge is 0.257 e. The molecule has 0 radical (unpaired) electrons. The zero-order chi connectivity index (χ0) is 22.6. The fourth-order valence-corrected chi connectivity index (χ4v) is 5.51. The molecule has 6 nitrogen and oxygen atoms in total. The van der Waals surface area contributed by atoms with E-state index in [2.05, 4.69) is 39.6 Å². The molecule has 168 valence electrons. The van der Waals surface area contributed by atoms with E-state index < -0.39 is 0 Å². The number of nitrogens with zero attached hydrogens (tertiary/aromatic N) is 3. The van der Waals surface area contributed by atoms with Crippen LogP contribution in [-0.4, -0.2) is 39.0 Å². The molecule has 1 aliphatic rings. The first-order valence-corrected chi connectivity index (χ1v) is 12.1. The SMILES string of the molecule is O=C(c1cnc2c(CO)csc2c1NCc1ccccn1)N1CCC(c2ccccc2)CC1. The Morgan fingerprint density at radius 2 is 1.88 bits per heavy atom. The summed E-state index contributed by atoms with van der Waals surface area (Å²) >= 11 is 1.50. The molecule has 1 aromatic carbocycles. The molecule has 0 atom stereocenters. The van der Waals surface area contributed by atoms with Crippen molar-refractivity contribution in [3.05, 3.63) is 88.7 Å². The number of carbonyl (C=O) groups excluding carboxylic acids is 1. The van der Waals surface area contributed by atoms with Crippen molar-refractivity contribution in [1.29, 1.82) is 0 Å². The highest BCUT2D eigenvalue weighted by Gasteiger charge is 2.27. The molecule has 0 saturated carbocycles. The fraction of sp³-hybridized carbons (Fsp3) is 0.269. The molecule has 4 heterocycles. The number of aliphatic hydroxyl groups is 1. The molecule has 1 amide bonds. The number of carbonyl (C=O) groups is 1. The van der Waals surface area contributed by atoms with Crippen molar-refractivity contribution in [2.45, 2.75) is 31.9 Å². The summed E-state index contributed by atoms with van der Waals surface area (Å²) in [5.74, 6) is 0.486. The third kappa shape index (κ3) is 4.47. The molecular weight excluding hydrogens is 432 g/mol. The van der Waals surface area contributed by atoms with Gasteiger partial charge >= 0.3 is 0 Å². The molecule has 4 aromatic rings. The number of hydrogen-bond acceptors (Lipinski definition) is 6. The molecule has 0 spiro atoms. The van der Waals surface area contributed by atoms with Crippen LogP contribution < -0.4 is 5.32 Å². The highest BCUT2D eigenvalue weighted by atomic mass is 32.1. The molecule has 1 aliphatic heterocycles. The Hall–Kier alpha value is -3.29. The first kappa shape index (κ1) is 21.6. The van der Waals surface area contributed by atoms with E-state index in [4.69, 9.17) is 0 Å². The van der Waals surface area contributed by atoms with Crippen LogP contribution in [0.5, 0.6) is 0 Å². The summed E-state index contributed by atoms with van der Waals surface area (Å²) in [5, 5.41) is 15.0. The Morgan fingerprint density at radius 1 is 1.09 bits per heavy atom. The maximum atomic E-state index is 13.6. The molecule has 5 rings (SSSR count). The highest BCUT2D eigenvalue weighted by molar-refractivity contribution is 7.18. The summed E-state index contributed by atoms with van der Waals surface area (Å²) < 4.78 is 0.889. The Balaban J connectivity index is 1.40. The van der Waals surface area contributed by atoms with Crippen molar-refractivity contribution in [3.8, 4) is 0 Å². The lowest BCUT2D eigenvalue weighted by Gasteiger charge is -2.32. The van der Waals surface area contributed by atoms with Gasteiger partial charge in [0.25, 0.3) is 5.91 Å². The monoisotopic (exact) mass is 458 g/mol. The van der Waals surface area contributed by atoms with Gasteiger partial charge in [-0.3, -0.25) is 14.8 Å². The number of benzene rings is 1. The largest absolute Gasteiger partial charge is 0.392 e. The zero-order valence-electron chi connectivity index (χ0n) is 18.3. The van der Waals surface area contributed by atoms with Gasteiger partial charge in [0, 0.05) is 31.0 Å².